The molecule has 6 nitrogen and oxygen atoms in total. The Hall–Kier alpha value is -2.51. The van der Waals surface area contributed by atoms with Crippen LogP contribution in [0.25, 0.3) is 0 Å². The number of ether oxygens (including phenoxy) is 1. The number of hydrogen-bond donors (Lipinski definition) is 1. The number of nitrogens with zero attached hydrogens (tertiary/aromatic N) is 2. The number of morpholine rings is 1. The molecule has 1 N–H and O–H groups in total. The summed E-state index contributed by atoms with van der Waals surface area (Å²) in [5.74, 6) is -0.0736. The molecular weight excluding hydrogens is 398 g/mol. The highest BCUT2D eigenvalue weighted by Gasteiger charge is 2.23. The third-order valence-electron chi connectivity index (χ3n) is 5.43. The van der Waals surface area contributed by atoms with Crippen LogP contribution in [0.5, 0.6) is 0 Å². The van der Waals surface area contributed by atoms with E-state index in [1.165, 1.54) is 11.1 Å². The molecular formula is C23H27N3O3S. The summed E-state index contributed by atoms with van der Waals surface area (Å²) in [5.41, 5.74) is 5.25. The van der Waals surface area contributed by atoms with E-state index in [1.54, 1.807) is 4.90 Å². The average Bonchev–Trinajstić information content (AvgIpc) is 2.78. The Balaban J connectivity index is 1.29. The van der Waals surface area contributed by atoms with E-state index in [1.807, 2.05) is 36.4 Å². The van der Waals surface area contributed by atoms with E-state index < -0.39 is 0 Å². The lowest BCUT2D eigenvalue weighted by Gasteiger charge is -2.29. The molecule has 0 radical (unpaired) electrons. The van der Waals surface area contributed by atoms with Gasteiger partial charge in [-0.2, -0.15) is 0 Å². The van der Waals surface area contributed by atoms with Crippen LogP contribution >= 0.6 is 11.8 Å². The first kappa shape index (κ1) is 20.8. The molecule has 0 spiro atoms. The fraction of sp³-hybridized carbons (Fsp3) is 0.391. The highest BCUT2D eigenvalue weighted by atomic mass is 32.2. The zero-order valence-electron chi connectivity index (χ0n) is 17.2. The summed E-state index contributed by atoms with van der Waals surface area (Å²) in [5, 5.41) is 2.81. The van der Waals surface area contributed by atoms with Crippen molar-refractivity contribution < 1.29 is 14.3 Å². The van der Waals surface area contributed by atoms with Gasteiger partial charge in [0.05, 0.1) is 19.0 Å². The van der Waals surface area contributed by atoms with E-state index in [9.17, 15) is 9.59 Å². The monoisotopic (exact) mass is 425 g/mol. The number of amides is 2. The number of rotatable bonds is 4. The number of nitrogens with one attached hydrogen (secondary N) is 1. The van der Waals surface area contributed by atoms with Gasteiger partial charge in [-0.1, -0.05) is 29.5 Å². The summed E-state index contributed by atoms with van der Waals surface area (Å²) in [6, 6.07) is 14.0. The van der Waals surface area contributed by atoms with Gasteiger partial charge in [-0.25, -0.2) is 0 Å². The van der Waals surface area contributed by atoms with Gasteiger partial charge in [0.1, 0.15) is 0 Å². The third-order valence-corrected chi connectivity index (χ3v) is 6.30. The second kappa shape index (κ2) is 9.53. The normalized spacial score (nSPS) is 16.2. The van der Waals surface area contributed by atoms with Crippen molar-refractivity contribution in [2.45, 2.75) is 19.8 Å². The van der Waals surface area contributed by atoms with Crippen molar-refractivity contribution in [1.29, 1.82) is 0 Å². The van der Waals surface area contributed by atoms with Crippen molar-refractivity contribution in [2.75, 3.05) is 53.7 Å². The minimum absolute atomic E-state index is 0.0716. The second-order valence-corrected chi connectivity index (χ2v) is 8.56. The molecule has 2 heterocycles. The smallest absolute Gasteiger partial charge is 0.286 e. The number of anilines is 3. The van der Waals surface area contributed by atoms with Crippen LogP contribution in [0.4, 0.5) is 21.9 Å². The van der Waals surface area contributed by atoms with E-state index in [-0.39, 0.29) is 16.9 Å². The van der Waals surface area contributed by atoms with Crippen LogP contribution < -0.4 is 15.1 Å². The van der Waals surface area contributed by atoms with Crippen LogP contribution in [0.3, 0.4) is 0 Å². The summed E-state index contributed by atoms with van der Waals surface area (Å²) >= 11 is 1.06. The minimum atomic E-state index is -0.173. The van der Waals surface area contributed by atoms with E-state index in [2.05, 4.69) is 23.2 Å². The minimum Gasteiger partial charge on any atom is -0.378 e. The lowest BCUT2D eigenvalue weighted by atomic mass is 10.0. The van der Waals surface area contributed by atoms with Gasteiger partial charge in [0, 0.05) is 36.7 Å². The molecule has 0 unspecified atom stereocenters. The standard InChI is InChI=1S/C23H27N3O3S/c1-17-4-9-21-18(15-17)3-2-10-26(21)23(28)30-16-22(27)24-19-5-7-20(8-6-19)25-11-13-29-14-12-25/h4-9,15H,2-3,10-14,16H2,1H3,(H,24,27). The van der Waals surface area contributed by atoms with E-state index in [0.29, 0.717) is 6.54 Å². The summed E-state index contributed by atoms with van der Waals surface area (Å²) < 4.78 is 5.38. The molecule has 158 valence electrons. The molecule has 2 aromatic rings. The number of hydrogen-bond acceptors (Lipinski definition) is 5. The van der Waals surface area contributed by atoms with Gasteiger partial charge in [-0.15, -0.1) is 0 Å². The van der Waals surface area contributed by atoms with Gasteiger partial charge in [-0.3, -0.25) is 9.59 Å². The Morgan fingerprint density at radius 1 is 1.07 bits per heavy atom. The number of thioether (sulfide) groups is 1. The molecule has 2 amide bonds. The largest absolute Gasteiger partial charge is 0.378 e. The van der Waals surface area contributed by atoms with Gasteiger partial charge in [0.2, 0.25) is 5.91 Å². The maximum atomic E-state index is 12.7. The predicted molar refractivity (Wildman–Crippen MR) is 123 cm³/mol. The maximum absolute atomic E-state index is 12.7. The summed E-state index contributed by atoms with van der Waals surface area (Å²) in [6.45, 7) is 6.00. The van der Waals surface area contributed by atoms with Gasteiger partial charge < -0.3 is 19.9 Å². The zero-order valence-corrected chi connectivity index (χ0v) is 18.0. The highest BCUT2D eigenvalue weighted by molar-refractivity contribution is 8.14. The molecule has 4 rings (SSSR count). The fourth-order valence-electron chi connectivity index (χ4n) is 3.89. The molecule has 30 heavy (non-hydrogen) atoms. The summed E-state index contributed by atoms with van der Waals surface area (Å²) in [6.07, 6.45) is 1.94. The summed E-state index contributed by atoms with van der Waals surface area (Å²) in [7, 11) is 0. The van der Waals surface area contributed by atoms with Gasteiger partial charge in [0.25, 0.3) is 5.24 Å². The highest BCUT2D eigenvalue weighted by Crippen LogP contribution is 2.30. The topological polar surface area (TPSA) is 61.9 Å². The van der Waals surface area contributed by atoms with Crippen molar-refractivity contribution in [3.8, 4) is 0 Å². The number of aryl methyl sites for hydroxylation is 2. The number of fused-ring (bicyclic) bond motifs is 1. The lowest BCUT2D eigenvalue weighted by molar-refractivity contribution is -0.113. The van der Waals surface area contributed by atoms with Crippen molar-refractivity contribution in [1.82, 2.24) is 0 Å². The number of carbonyl (C=O) groups is 2. The average molecular weight is 426 g/mol. The van der Waals surface area contributed by atoms with Gasteiger partial charge >= 0.3 is 0 Å². The third kappa shape index (κ3) is 4.96. The molecule has 0 aliphatic carbocycles. The Kier molecular flexibility index (Phi) is 6.59. The molecule has 0 aromatic heterocycles. The Labute approximate surface area is 181 Å². The SMILES string of the molecule is Cc1ccc2c(c1)CCCN2C(=O)SCC(=O)Nc1ccc(N2CCOCC2)cc1. The first-order chi connectivity index (χ1) is 14.6. The van der Waals surface area contributed by atoms with Crippen molar-refractivity contribution in [3.05, 3.63) is 53.6 Å². The van der Waals surface area contributed by atoms with Crippen molar-refractivity contribution in [3.63, 3.8) is 0 Å². The molecule has 0 atom stereocenters. The van der Waals surface area contributed by atoms with Crippen LogP contribution in [0.15, 0.2) is 42.5 Å². The second-order valence-electron chi connectivity index (χ2n) is 7.64. The predicted octanol–water partition coefficient (Wildman–Crippen LogP) is 4.08. The lowest BCUT2D eigenvalue weighted by Crippen LogP contribution is -2.36. The Morgan fingerprint density at radius 3 is 2.60 bits per heavy atom. The van der Waals surface area contributed by atoms with Crippen molar-refractivity contribution >= 4 is 40.0 Å². The fourth-order valence-corrected chi connectivity index (χ4v) is 4.57. The molecule has 2 aliphatic rings. The van der Waals surface area contributed by atoms with Crippen LogP contribution in [-0.4, -0.2) is 49.7 Å². The molecule has 1 fully saturated rings. The Morgan fingerprint density at radius 2 is 1.83 bits per heavy atom. The zero-order chi connectivity index (χ0) is 20.9. The quantitative estimate of drug-likeness (QED) is 0.800. The van der Waals surface area contributed by atoms with Gasteiger partial charge in [0.15, 0.2) is 0 Å². The molecule has 1 saturated heterocycles. The summed E-state index contributed by atoms with van der Waals surface area (Å²) in [4.78, 5) is 29.1. The van der Waals surface area contributed by atoms with E-state index in [0.717, 1.165) is 68.0 Å². The van der Waals surface area contributed by atoms with E-state index >= 15 is 0 Å². The van der Waals surface area contributed by atoms with Crippen molar-refractivity contribution in [2.24, 2.45) is 0 Å². The van der Waals surface area contributed by atoms with Crippen LogP contribution in [0, 0.1) is 6.92 Å². The van der Waals surface area contributed by atoms with Crippen LogP contribution in [0.2, 0.25) is 0 Å². The molecule has 0 saturated carbocycles. The number of benzene rings is 2. The van der Waals surface area contributed by atoms with Crippen LogP contribution in [-0.2, 0) is 16.0 Å². The van der Waals surface area contributed by atoms with Crippen LogP contribution in [0.1, 0.15) is 17.5 Å². The number of carbonyl (C=O) groups excluding carboxylic acids is 2. The molecule has 2 aromatic carbocycles. The van der Waals surface area contributed by atoms with Gasteiger partial charge in [-0.05, 0) is 55.7 Å². The first-order valence-electron chi connectivity index (χ1n) is 10.4. The molecule has 0 bridgehead atoms. The van der Waals surface area contributed by atoms with E-state index in [4.69, 9.17) is 4.74 Å². The first-order valence-corrected chi connectivity index (χ1v) is 11.4. The Bertz CT molecular complexity index is 910. The molecule has 7 heteroatoms. The molecule has 2 aliphatic heterocycles. The maximum Gasteiger partial charge on any atom is 0.286 e.